The maximum absolute atomic E-state index is 13.6. The van der Waals surface area contributed by atoms with Gasteiger partial charge in [-0.15, -0.1) is 11.3 Å². The van der Waals surface area contributed by atoms with Gasteiger partial charge in [-0.2, -0.15) is 0 Å². The summed E-state index contributed by atoms with van der Waals surface area (Å²) in [6.45, 7) is 8.92. The molecule has 0 saturated heterocycles. The number of hydrogen-bond donors (Lipinski definition) is 0. The fourth-order valence-corrected chi connectivity index (χ4v) is 5.63. The molecule has 1 aliphatic heterocycles. The van der Waals surface area contributed by atoms with E-state index < -0.39 is 12.0 Å². The lowest BCUT2D eigenvalue weighted by Gasteiger charge is -2.23. The van der Waals surface area contributed by atoms with Crippen molar-refractivity contribution in [2.45, 2.75) is 46.6 Å². The highest BCUT2D eigenvalue weighted by molar-refractivity contribution is 7.10. The number of ether oxygens (including phenoxy) is 2. The van der Waals surface area contributed by atoms with Crippen molar-refractivity contribution in [3.05, 3.63) is 83.2 Å². The molecule has 1 unspecified atom stereocenters. The Bertz CT molecular complexity index is 1380. The van der Waals surface area contributed by atoms with E-state index in [1.165, 1.54) is 22.7 Å². The second-order valence-corrected chi connectivity index (χ2v) is 10.8. The van der Waals surface area contributed by atoms with Crippen molar-refractivity contribution in [2.75, 3.05) is 13.2 Å². The third-order valence-electron chi connectivity index (χ3n) is 5.55. The number of benzene rings is 1. The van der Waals surface area contributed by atoms with Crippen molar-refractivity contribution in [3.63, 3.8) is 0 Å². The van der Waals surface area contributed by atoms with Gasteiger partial charge in [-0.05, 0) is 54.5 Å². The Morgan fingerprint density at radius 3 is 2.66 bits per heavy atom. The molecule has 3 aromatic rings. The molecule has 0 amide bonds. The third kappa shape index (κ3) is 5.65. The van der Waals surface area contributed by atoms with E-state index >= 15 is 0 Å². The van der Waals surface area contributed by atoms with Crippen molar-refractivity contribution < 1.29 is 14.3 Å². The van der Waals surface area contributed by atoms with Crippen molar-refractivity contribution in [1.29, 1.82) is 0 Å². The Morgan fingerprint density at radius 1 is 1.23 bits per heavy atom. The number of aromatic nitrogens is 1. The van der Waals surface area contributed by atoms with E-state index in [1.54, 1.807) is 11.5 Å². The van der Waals surface area contributed by atoms with E-state index in [1.807, 2.05) is 61.7 Å². The number of hydrogen-bond acceptors (Lipinski definition) is 7. The quantitative estimate of drug-likeness (QED) is 0.310. The van der Waals surface area contributed by atoms with Gasteiger partial charge in [-0.25, -0.2) is 9.79 Å². The topological polar surface area (TPSA) is 69.9 Å². The van der Waals surface area contributed by atoms with E-state index in [9.17, 15) is 9.59 Å². The molecule has 0 bridgehead atoms. The largest absolute Gasteiger partial charge is 0.494 e. The van der Waals surface area contributed by atoms with Crippen LogP contribution in [0.2, 0.25) is 0 Å². The van der Waals surface area contributed by atoms with E-state index in [4.69, 9.17) is 9.47 Å². The molecule has 184 valence electrons. The van der Waals surface area contributed by atoms with Crippen LogP contribution in [0.3, 0.4) is 0 Å². The van der Waals surface area contributed by atoms with Crippen LogP contribution in [-0.4, -0.2) is 23.8 Å². The van der Waals surface area contributed by atoms with Crippen LogP contribution >= 0.6 is 22.7 Å². The summed E-state index contributed by atoms with van der Waals surface area (Å²) >= 11 is 2.84. The second kappa shape index (κ2) is 11.2. The van der Waals surface area contributed by atoms with Gasteiger partial charge in [0.2, 0.25) is 0 Å². The molecular weight excluding hydrogens is 480 g/mol. The van der Waals surface area contributed by atoms with Crippen LogP contribution in [0.5, 0.6) is 5.75 Å². The molecule has 1 aliphatic rings. The molecule has 0 spiro atoms. The minimum Gasteiger partial charge on any atom is -0.494 e. The zero-order valence-electron chi connectivity index (χ0n) is 20.4. The van der Waals surface area contributed by atoms with E-state index in [2.05, 4.69) is 11.9 Å². The summed E-state index contributed by atoms with van der Waals surface area (Å²) in [6.07, 6.45) is 3.96. The number of thiazole rings is 1. The van der Waals surface area contributed by atoms with Gasteiger partial charge in [0.15, 0.2) is 4.80 Å². The van der Waals surface area contributed by atoms with E-state index in [-0.39, 0.29) is 11.5 Å². The van der Waals surface area contributed by atoms with Crippen molar-refractivity contribution in [2.24, 2.45) is 10.9 Å². The van der Waals surface area contributed by atoms with Crippen molar-refractivity contribution in [1.82, 2.24) is 4.57 Å². The number of thiophene rings is 1. The highest BCUT2D eigenvalue weighted by Crippen LogP contribution is 2.33. The molecule has 2 aromatic heterocycles. The van der Waals surface area contributed by atoms with Gasteiger partial charge in [0.25, 0.3) is 5.56 Å². The van der Waals surface area contributed by atoms with Gasteiger partial charge in [-0.1, -0.05) is 56.7 Å². The first kappa shape index (κ1) is 25.1. The molecule has 0 fully saturated rings. The van der Waals surface area contributed by atoms with Gasteiger partial charge in [0, 0.05) is 4.88 Å². The highest BCUT2D eigenvalue weighted by atomic mass is 32.1. The molecule has 8 heteroatoms. The van der Waals surface area contributed by atoms with Crippen LogP contribution in [0.25, 0.3) is 6.08 Å². The summed E-state index contributed by atoms with van der Waals surface area (Å²) in [5.41, 5.74) is 1.73. The first-order valence-corrected chi connectivity index (χ1v) is 13.5. The third-order valence-corrected chi connectivity index (χ3v) is 7.45. The fraction of sp³-hybridized carbons (Fsp3) is 0.370. The SMILES string of the molecule is CCCCOc1ccc(/C=c2/sc3n(c2=O)C(c2cccs2)C(C(=O)OCC(C)C)=C(C)N=3)cc1. The van der Waals surface area contributed by atoms with Crippen molar-refractivity contribution >= 4 is 34.7 Å². The zero-order valence-corrected chi connectivity index (χ0v) is 22.1. The van der Waals surface area contributed by atoms with Gasteiger partial charge in [0.05, 0.1) is 29.0 Å². The first-order valence-electron chi connectivity index (χ1n) is 11.8. The van der Waals surface area contributed by atoms with E-state index in [0.717, 1.165) is 29.0 Å². The number of carbonyl (C=O) groups excluding carboxylic acids is 1. The normalized spacial score (nSPS) is 15.8. The highest BCUT2D eigenvalue weighted by Gasteiger charge is 2.34. The molecule has 3 heterocycles. The Kier molecular flexibility index (Phi) is 8.03. The van der Waals surface area contributed by atoms with Crippen molar-refractivity contribution in [3.8, 4) is 5.75 Å². The van der Waals surface area contributed by atoms with Crippen LogP contribution < -0.4 is 19.6 Å². The van der Waals surface area contributed by atoms with Crippen LogP contribution in [0.1, 0.15) is 57.0 Å². The molecule has 1 aromatic carbocycles. The Hall–Kier alpha value is -2.97. The van der Waals surface area contributed by atoms with Crippen LogP contribution in [0.4, 0.5) is 0 Å². The van der Waals surface area contributed by atoms with E-state index in [0.29, 0.717) is 33.8 Å². The van der Waals surface area contributed by atoms with Gasteiger partial charge >= 0.3 is 5.97 Å². The standard InChI is InChI=1S/C27H30N2O4S2/c1-5-6-13-32-20-11-9-19(10-12-20)15-22-25(30)29-24(21-8-7-14-34-21)23(18(4)28-27(29)35-22)26(31)33-16-17(2)3/h7-12,14-15,17,24H,5-6,13,16H2,1-4H3/b22-15+. The molecule has 0 aliphatic carbocycles. The number of carbonyl (C=O) groups is 1. The predicted octanol–water partition coefficient (Wildman–Crippen LogP) is 4.67. The fourth-order valence-electron chi connectivity index (χ4n) is 3.76. The maximum atomic E-state index is 13.6. The van der Waals surface area contributed by atoms with Gasteiger partial charge < -0.3 is 9.47 Å². The molecule has 6 nitrogen and oxygen atoms in total. The summed E-state index contributed by atoms with van der Waals surface area (Å²) in [5.74, 6) is 0.603. The minimum atomic E-state index is -0.553. The summed E-state index contributed by atoms with van der Waals surface area (Å²) in [6, 6.07) is 11.0. The van der Waals surface area contributed by atoms with Gasteiger partial charge in [0.1, 0.15) is 11.8 Å². The smallest absolute Gasteiger partial charge is 0.338 e. The lowest BCUT2D eigenvalue weighted by molar-refractivity contribution is -0.140. The number of allylic oxidation sites excluding steroid dienone is 1. The average Bonchev–Trinajstić information content (AvgIpc) is 3.47. The van der Waals surface area contributed by atoms with Gasteiger partial charge in [-0.3, -0.25) is 9.36 Å². The van der Waals surface area contributed by atoms with Crippen LogP contribution in [0.15, 0.2) is 62.8 Å². The summed E-state index contributed by atoms with van der Waals surface area (Å²) < 4.78 is 13.5. The predicted molar refractivity (Wildman–Crippen MR) is 141 cm³/mol. The Morgan fingerprint density at radius 2 is 2.00 bits per heavy atom. The first-order chi connectivity index (χ1) is 16.9. The lowest BCUT2D eigenvalue weighted by atomic mass is 10.0. The second-order valence-electron chi connectivity index (χ2n) is 8.86. The molecule has 0 saturated carbocycles. The molecule has 4 rings (SSSR count). The summed E-state index contributed by atoms with van der Waals surface area (Å²) in [4.78, 5) is 32.8. The minimum absolute atomic E-state index is 0.169. The lowest BCUT2D eigenvalue weighted by Crippen LogP contribution is -2.39. The molecule has 1 atom stereocenters. The molecular formula is C27H30N2O4S2. The van der Waals surface area contributed by atoms with Crippen LogP contribution in [0, 0.1) is 5.92 Å². The number of fused-ring (bicyclic) bond motifs is 1. The average molecular weight is 511 g/mol. The Labute approximate surface area is 212 Å². The molecule has 35 heavy (non-hydrogen) atoms. The zero-order chi connectivity index (χ0) is 24.9. The molecule has 0 N–H and O–H groups in total. The van der Waals surface area contributed by atoms with Crippen LogP contribution in [-0.2, 0) is 9.53 Å². The maximum Gasteiger partial charge on any atom is 0.338 e. The summed E-state index contributed by atoms with van der Waals surface area (Å²) in [7, 11) is 0. The summed E-state index contributed by atoms with van der Waals surface area (Å²) in [5, 5.41) is 1.95. The monoisotopic (exact) mass is 510 g/mol. The number of rotatable bonds is 9. The number of esters is 1. The molecule has 0 radical (unpaired) electrons. The number of nitrogens with zero attached hydrogens (tertiary/aromatic N) is 2. The Balaban J connectivity index is 1.73. The number of unbranched alkanes of at least 4 members (excludes halogenated alkanes) is 1.